The third-order valence-electron chi connectivity index (χ3n) is 4.55. The zero-order valence-electron chi connectivity index (χ0n) is 12.7. The monoisotopic (exact) mass is 295 g/mol. The van der Waals surface area contributed by atoms with E-state index in [1.807, 2.05) is 11.7 Å². The van der Waals surface area contributed by atoms with Gasteiger partial charge in [0.1, 0.15) is 6.10 Å². The van der Waals surface area contributed by atoms with E-state index in [9.17, 15) is 0 Å². The SMILES string of the molecule is Cc1nn(C)c(C)c1[C@H]1OCC[C@@H]1NC1CCCSC1. The minimum absolute atomic E-state index is 0.177. The summed E-state index contributed by atoms with van der Waals surface area (Å²) in [6.45, 7) is 5.10. The van der Waals surface area contributed by atoms with Gasteiger partial charge in [0.05, 0.1) is 5.69 Å². The van der Waals surface area contributed by atoms with Crippen LogP contribution in [0.3, 0.4) is 0 Å². The lowest BCUT2D eigenvalue weighted by Gasteiger charge is -2.28. The van der Waals surface area contributed by atoms with Crippen molar-refractivity contribution in [3.8, 4) is 0 Å². The molecule has 1 unspecified atom stereocenters. The van der Waals surface area contributed by atoms with Gasteiger partial charge in [0.25, 0.3) is 0 Å². The molecular weight excluding hydrogens is 270 g/mol. The van der Waals surface area contributed by atoms with E-state index in [2.05, 4.69) is 36.0 Å². The van der Waals surface area contributed by atoms with E-state index in [1.54, 1.807) is 0 Å². The molecule has 0 bridgehead atoms. The molecule has 0 spiro atoms. The van der Waals surface area contributed by atoms with Crippen LogP contribution in [0.4, 0.5) is 0 Å². The standard InChI is InChI=1S/C15H25N3OS/c1-10-14(11(2)18(3)17-10)15-13(6-7-19-15)16-12-5-4-8-20-9-12/h12-13,15-16H,4-9H2,1-3H3/t12?,13-,15-/m0/s1. The molecule has 20 heavy (non-hydrogen) atoms. The van der Waals surface area contributed by atoms with Crippen molar-refractivity contribution >= 4 is 11.8 Å². The number of hydrogen-bond donors (Lipinski definition) is 1. The van der Waals surface area contributed by atoms with E-state index in [4.69, 9.17) is 4.74 Å². The summed E-state index contributed by atoms with van der Waals surface area (Å²) in [7, 11) is 2.01. The van der Waals surface area contributed by atoms with Crippen LogP contribution in [-0.4, -0.2) is 40.0 Å². The maximum atomic E-state index is 6.05. The predicted molar refractivity (Wildman–Crippen MR) is 83.3 cm³/mol. The molecule has 1 aromatic rings. The molecule has 2 fully saturated rings. The Morgan fingerprint density at radius 2 is 2.20 bits per heavy atom. The number of ether oxygens (including phenoxy) is 1. The number of rotatable bonds is 3. The summed E-state index contributed by atoms with van der Waals surface area (Å²) in [5.41, 5.74) is 3.65. The Hall–Kier alpha value is -0.520. The summed E-state index contributed by atoms with van der Waals surface area (Å²) in [5, 5.41) is 8.39. The molecule has 1 aromatic heterocycles. The topological polar surface area (TPSA) is 39.1 Å². The lowest BCUT2D eigenvalue weighted by atomic mass is 9.99. The molecule has 2 saturated heterocycles. The van der Waals surface area contributed by atoms with Gasteiger partial charge in [0.15, 0.2) is 0 Å². The Balaban J connectivity index is 1.74. The van der Waals surface area contributed by atoms with Gasteiger partial charge in [0, 0.05) is 42.7 Å². The quantitative estimate of drug-likeness (QED) is 0.929. The molecule has 0 aliphatic carbocycles. The second kappa shape index (κ2) is 6.08. The molecular formula is C15H25N3OS. The second-order valence-electron chi connectivity index (χ2n) is 5.98. The minimum atomic E-state index is 0.177. The van der Waals surface area contributed by atoms with Crippen molar-refractivity contribution in [2.75, 3.05) is 18.1 Å². The van der Waals surface area contributed by atoms with Gasteiger partial charge in [-0.1, -0.05) is 0 Å². The molecule has 3 rings (SSSR count). The molecule has 112 valence electrons. The molecule has 0 saturated carbocycles. The zero-order chi connectivity index (χ0) is 14.1. The fourth-order valence-corrected chi connectivity index (χ4v) is 4.51. The Morgan fingerprint density at radius 3 is 2.85 bits per heavy atom. The van der Waals surface area contributed by atoms with Crippen molar-refractivity contribution in [2.45, 2.75) is 51.3 Å². The molecule has 0 amide bonds. The number of thioether (sulfide) groups is 1. The number of nitrogens with one attached hydrogen (secondary N) is 1. The normalized spacial score (nSPS) is 30.9. The summed E-state index contributed by atoms with van der Waals surface area (Å²) < 4.78 is 8.02. The number of aromatic nitrogens is 2. The molecule has 2 aliphatic heterocycles. The zero-order valence-corrected chi connectivity index (χ0v) is 13.5. The first kappa shape index (κ1) is 14.4. The van der Waals surface area contributed by atoms with Crippen LogP contribution in [0.5, 0.6) is 0 Å². The summed E-state index contributed by atoms with van der Waals surface area (Å²) in [6.07, 6.45) is 3.93. The molecule has 4 nitrogen and oxygen atoms in total. The average Bonchev–Trinajstić information content (AvgIpc) is 2.97. The highest BCUT2D eigenvalue weighted by atomic mass is 32.2. The first-order valence-electron chi connectivity index (χ1n) is 7.62. The van der Waals surface area contributed by atoms with Gasteiger partial charge < -0.3 is 10.1 Å². The molecule has 0 radical (unpaired) electrons. The lowest BCUT2D eigenvalue weighted by molar-refractivity contribution is 0.0955. The van der Waals surface area contributed by atoms with Crippen LogP contribution in [0.25, 0.3) is 0 Å². The van der Waals surface area contributed by atoms with Crippen molar-refractivity contribution in [2.24, 2.45) is 7.05 Å². The molecule has 2 aliphatic rings. The van der Waals surface area contributed by atoms with Gasteiger partial charge in [-0.05, 0) is 38.9 Å². The van der Waals surface area contributed by atoms with E-state index < -0.39 is 0 Å². The summed E-state index contributed by atoms with van der Waals surface area (Å²) in [4.78, 5) is 0. The van der Waals surface area contributed by atoms with Gasteiger partial charge in [-0.15, -0.1) is 0 Å². The van der Waals surface area contributed by atoms with Gasteiger partial charge in [-0.25, -0.2) is 0 Å². The predicted octanol–water partition coefficient (Wildman–Crippen LogP) is 2.35. The lowest BCUT2D eigenvalue weighted by Crippen LogP contribution is -2.42. The van der Waals surface area contributed by atoms with Crippen molar-refractivity contribution in [1.29, 1.82) is 0 Å². The van der Waals surface area contributed by atoms with Crippen LogP contribution in [0, 0.1) is 13.8 Å². The van der Waals surface area contributed by atoms with Crippen molar-refractivity contribution in [3.05, 3.63) is 17.0 Å². The van der Waals surface area contributed by atoms with Crippen LogP contribution < -0.4 is 5.32 Å². The highest BCUT2D eigenvalue weighted by Gasteiger charge is 2.34. The average molecular weight is 295 g/mol. The Morgan fingerprint density at radius 1 is 1.35 bits per heavy atom. The van der Waals surface area contributed by atoms with Gasteiger partial charge in [-0.2, -0.15) is 16.9 Å². The third-order valence-corrected chi connectivity index (χ3v) is 5.77. The van der Waals surface area contributed by atoms with E-state index in [0.29, 0.717) is 12.1 Å². The maximum Gasteiger partial charge on any atom is 0.101 e. The van der Waals surface area contributed by atoms with E-state index >= 15 is 0 Å². The Labute approximate surface area is 125 Å². The summed E-state index contributed by atoms with van der Waals surface area (Å²) in [5.74, 6) is 2.57. The van der Waals surface area contributed by atoms with Gasteiger partial charge in [0.2, 0.25) is 0 Å². The van der Waals surface area contributed by atoms with Crippen molar-refractivity contribution < 1.29 is 4.74 Å². The van der Waals surface area contributed by atoms with E-state index in [1.165, 1.54) is 35.6 Å². The fourth-order valence-electron chi connectivity index (χ4n) is 3.42. The molecule has 3 atom stereocenters. The van der Waals surface area contributed by atoms with Crippen LogP contribution in [0.15, 0.2) is 0 Å². The largest absolute Gasteiger partial charge is 0.372 e. The van der Waals surface area contributed by atoms with Gasteiger partial charge in [-0.3, -0.25) is 4.68 Å². The fraction of sp³-hybridized carbons (Fsp3) is 0.800. The first-order chi connectivity index (χ1) is 9.66. The Bertz CT molecular complexity index is 468. The van der Waals surface area contributed by atoms with E-state index in [0.717, 1.165) is 18.7 Å². The van der Waals surface area contributed by atoms with Crippen molar-refractivity contribution in [3.63, 3.8) is 0 Å². The number of nitrogens with zero attached hydrogens (tertiary/aromatic N) is 2. The minimum Gasteiger partial charge on any atom is -0.372 e. The first-order valence-corrected chi connectivity index (χ1v) is 8.77. The molecule has 1 N–H and O–H groups in total. The highest BCUT2D eigenvalue weighted by Crippen LogP contribution is 2.34. The van der Waals surface area contributed by atoms with E-state index in [-0.39, 0.29) is 6.10 Å². The number of aryl methyl sites for hydroxylation is 2. The maximum absolute atomic E-state index is 6.05. The van der Waals surface area contributed by atoms with Crippen LogP contribution in [0.2, 0.25) is 0 Å². The van der Waals surface area contributed by atoms with Crippen molar-refractivity contribution in [1.82, 2.24) is 15.1 Å². The van der Waals surface area contributed by atoms with Gasteiger partial charge >= 0.3 is 0 Å². The molecule has 0 aromatic carbocycles. The number of hydrogen-bond acceptors (Lipinski definition) is 4. The molecule has 5 heteroatoms. The summed E-state index contributed by atoms with van der Waals surface area (Å²) in [6, 6.07) is 1.10. The van der Waals surface area contributed by atoms with Crippen LogP contribution in [0.1, 0.15) is 42.3 Å². The smallest absolute Gasteiger partial charge is 0.101 e. The van der Waals surface area contributed by atoms with Crippen LogP contribution in [-0.2, 0) is 11.8 Å². The third kappa shape index (κ3) is 2.76. The molecule has 3 heterocycles. The summed E-state index contributed by atoms with van der Waals surface area (Å²) >= 11 is 2.07. The Kier molecular flexibility index (Phi) is 4.38. The van der Waals surface area contributed by atoms with Crippen LogP contribution >= 0.6 is 11.8 Å². The highest BCUT2D eigenvalue weighted by molar-refractivity contribution is 7.99. The second-order valence-corrected chi connectivity index (χ2v) is 7.13.